The van der Waals surface area contributed by atoms with Crippen molar-refractivity contribution >= 4 is 17.0 Å². The van der Waals surface area contributed by atoms with E-state index in [9.17, 15) is 5.11 Å². The fourth-order valence-electron chi connectivity index (χ4n) is 3.93. The van der Waals surface area contributed by atoms with E-state index in [1.807, 2.05) is 10.7 Å². The maximum atomic E-state index is 9.49. The van der Waals surface area contributed by atoms with Gasteiger partial charge in [0.15, 0.2) is 22.8 Å². The van der Waals surface area contributed by atoms with Crippen LogP contribution >= 0.6 is 0 Å². The quantitative estimate of drug-likeness (QED) is 0.652. The van der Waals surface area contributed by atoms with Gasteiger partial charge < -0.3 is 20.1 Å². The number of nitrogens with zero attached hydrogens (tertiary/aromatic N) is 7. The first kappa shape index (κ1) is 18.3. The predicted molar refractivity (Wildman–Crippen MR) is 106 cm³/mol. The molecule has 0 spiro atoms. The lowest BCUT2D eigenvalue weighted by molar-refractivity contribution is 0.122. The van der Waals surface area contributed by atoms with Gasteiger partial charge in [-0.05, 0) is 37.6 Å². The lowest BCUT2D eigenvalue weighted by atomic mass is 10.1. The SMILES string of the molecule is OCc1cncc(-c2nc(N3CCOCC3)c3nnn(C4CCNCC4)c3n2)c1. The van der Waals surface area contributed by atoms with Gasteiger partial charge >= 0.3 is 0 Å². The van der Waals surface area contributed by atoms with Crippen molar-refractivity contribution in [3.63, 3.8) is 0 Å². The third-order valence-electron chi connectivity index (χ3n) is 5.51. The van der Waals surface area contributed by atoms with Gasteiger partial charge in [0, 0.05) is 31.0 Å². The molecular weight excluding hydrogens is 372 g/mol. The van der Waals surface area contributed by atoms with Crippen LogP contribution in [0.3, 0.4) is 0 Å². The van der Waals surface area contributed by atoms with E-state index in [4.69, 9.17) is 14.7 Å². The van der Waals surface area contributed by atoms with Crippen molar-refractivity contribution in [3.8, 4) is 11.4 Å². The number of aliphatic hydroxyl groups is 1. The molecular formula is C19H24N8O2. The van der Waals surface area contributed by atoms with Gasteiger partial charge in [-0.15, -0.1) is 5.10 Å². The number of piperidine rings is 1. The molecule has 10 heteroatoms. The standard InChI is InChI=1S/C19H24N8O2/c28-12-13-9-14(11-21-10-13)17-22-18(26-5-7-29-8-6-26)16-19(23-17)27(25-24-16)15-1-3-20-4-2-15/h9-11,15,20,28H,1-8,12H2. The number of morpholine rings is 1. The maximum Gasteiger partial charge on any atom is 0.184 e. The molecule has 10 nitrogen and oxygen atoms in total. The van der Waals surface area contributed by atoms with Crippen LogP contribution in [0.2, 0.25) is 0 Å². The third kappa shape index (κ3) is 3.54. The molecule has 0 amide bonds. The minimum Gasteiger partial charge on any atom is -0.392 e. The molecule has 0 unspecified atom stereocenters. The van der Waals surface area contributed by atoms with E-state index < -0.39 is 0 Å². The average Bonchev–Trinajstić information content (AvgIpc) is 3.24. The maximum absolute atomic E-state index is 9.49. The number of hydrogen-bond acceptors (Lipinski definition) is 9. The Labute approximate surface area is 167 Å². The molecule has 0 bridgehead atoms. The highest BCUT2D eigenvalue weighted by molar-refractivity contribution is 5.85. The third-order valence-corrected chi connectivity index (χ3v) is 5.51. The van der Waals surface area contributed by atoms with Gasteiger partial charge in [-0.3, -0.25) is 4.98 Å². The van der Waals surface area contributed by atoms with Crippen LogP contribution in [0.1, 0.15) is 24.4 Å². The van der Waals surface area contributed by atoms with Crippen LogP contribution in [0, 0.1) is 0 Å². The number of pyridine rings is 1. The van der Waals surface area contributed by atoms with Crippen LogP contribution < -0.4 is 10.2 Å². The van der Waals surface area contributed by atoms with E-state index in [0.29, 0.717) is 19.0 Å². The summed E-state index contributed by atoms with van der Waals surface area (Å²) in [5.74, 6) is 1.35. The highest BCUT2D eigenvalue weighted by Gasteiger charge is 2.25. The Kier molecular flexibility index (Phi) is 5.04. The molecule has 3 aromatic heterocycles. The van der Waals surface area contributed by atoms with Crippen LogP contribution in [0.15, 0.2) is 18.5 Å². The zero-order valence-electron chi connectivity index (χ0n) is 16.2. The molecule has 0 aliphatic carbocycles. The number of rotatable bonds is 4. The molecule has 0 radical (unpaired) electrons. The second kappa shape index (κ2) is 7.97. The van der Waals surface area contributed by atoms with Crippen molar-refractivity contribution < 1.29 is 9.84 Å². The lowest BCUT2D eigenvalue weighted by Crippen LogP contribution is -2.37. The molecule has 2 aliphatic heterocycles. The van der Waals surface area contributed by atoms with Crippen molar-refractivity contribution in [3.05, 3.63) is 24.0 Å². The molecule has 29 heavy (non-hydrogen) atoms. The summed E-state index contributed by atoms with van der Waals surface area (Å²) in [6.07, 6.45) is 5.35. The highest BCUT2D eigenvalue weighted by atomic mass is 16.5. The van der Waals surface area contributed by atoms with Crippen molar-refractivity contribution in [1.29, 1.82) is 0 Å². The number of aliphatic hydroxyl groups excluding tert-OH is 1. The summed E-state index contributed by atoms with van der Waals surface area (Å²) in [5.41, 5.74) is 2.97. The minimum atomic E-state index is -0.0754. The second-order valence-electron chi connectivity index (χ2n) is 7.40. The second-order valence-corrected chi connectivity index (χ2v) is 7.40. The topological polar surface area (TPSA) is 114 Å². The first-order valence-corrected chi connectivity index (χ1v) is 10.0. The van der Waals surface area contributed by atoms with Crippen molar-refractivity contribution in [2.75, 3.05) is 44.3 Å². The number of hydrogen-bond donors (Lipinski definition) is 2. The van der Waals surface area contributed by atoms with E-state index in [2.05, 4.69) is 25.5 Å². The van der Waals surface area contributed by atoms with Crippen LogP contribution in [0.25, 0.3) is 22.6 Å². The summed E-state index contributed by atoms with van der Waals surface area (Å²) in [7, 11) is 0. The molecule has 2 fully saturated rings. The Morgan fingerprint density at radius 1 is 1.14 bits per heavy atom. The molecule has 0 aromatic carbocycles. The Hall–Kier alpha value is -2.69. The van der Waals surface area contributed by atoms with Crippen LogP contribution in [-0.4, -0.2) is 74.4 Å². The van der Waals surface area contributed by atoms with E-state index in [1.165, 1.54) is 0 Å². The number of ether oxygens (including phenoxy) is 1. The number of anilines is 1. The summed E-state index contributed by atoms with van der Waals surface area (Å²) >= 11 is 0. The highest BCUT2D eigenvalue weighted by Crippen LogP contribution is 2.29. The average molecular weight is 396 g/mol. The van der Waals surface area contributed by atoms with E-state index in [1.54, 1.807) is 12.4 Å². The molecule has 2 saturated heterocycles. The zero-order chi connectivity index (χ0) is 19.6. The monoisotopic (exact) mass is 396 g/mol. The molecule has 0 atom stereocenters. The van der Waals surface area contributed by atoms with Gasteiger partial charge in [0.2, 0.25) is 0 Å². The van der Waals surface area contributed by atoms with Gasteiger partial charge in [0.1, 0.15) is 0 Å². The molecule has 152 valence electrons. The molecule has 0 saturated carbocycles. The Morgan fingerprint density at radius 2 is 1.97 bits per heavy atom. The van der Waals surface area contributed by atoms with Crippen LogP contribution in [0.5, 0.6) is 0 Å². The minimum absolute atomic E-state index is 0.0754. The van der Waals surface area contributed by atoms with Crippen LogP contribution in [0.4, 0.5) is 5.82 Å². The summed E-state index contributed by atoms with van der Waals surface area (Å²) in [6.45, 7) is 4.66. The predicted octanol–water partition coefficient (Wildman–Crippen LogP) is 0.537. The first-order chi connectivity index (χ1) is 14.3. The van der Waals surface area contributed by atoms with Gasteiger partial charge in [0.25, 0.3) is 0 Å². The van der Waals surface area contributed by atoms with Crippen molar-refractivity contribution in [2.45, 2.75) is 25.5 Å². The number of aromatic nitrogens is 6. The van der Waals surface area contributed by atoms with Crippen LogP contribution in [-0.2, 0) is 11.3 Å². The largest absolute Gasteiger partial charge is 0.392 e. The number of nitrogens with one attached hydrogen (secondary N) is 1. The van der Waals surface area contributed by atoms with E-state index in [-0.39, 0.29) is 12.6 Å². The van der Waals surface area contributed by atoms with Gasteiger partial charge in [-0.25, -0.2) is 14.6 Å². The lowest BCUT2D eigenvalue weighted by Gasteiger charge is -2.28. The van der Waals surface area contributed by atoms with Crippen molar-refractivity contribution in [1.82, 2.24) is 35.3 Å². The van der Waals surface area contributed by atoms with E-state index >= 15 is 0 Å². The molecule has 5 rings (SSSR count). The molecule has 5 heterocycles. The Balaban J connectivity index is 1.65. The normalized spacial score (nSPS) is 18.4. The summed E-state index contributed by atoms with van der Waals surface area (Å²) in [5, 5.41) is 21.8. The molecule has 3 aromatic rings. The Bertz CT molecular complexity index is 995. The molecule has 2 N–H and O–H groups in total. The Morgan fingerprint density at radius 3 is 2.76 bits per heavy atom. The van der Waals surface area contributed by atoms with E-state index in [0.717, 1.165) is 67.1 Å². The summed E-state index contributed by atoms with van der Waals surface area (Å²) < 4.78 is 7.46. The zero-order valence-corrected chi connectivity index (χ0v) is 16.2. The smallest absolute Gasteiger partial charge is 0.184 e. The fraction of sp³-hybridized carbons (Fsp3) is 0.526. The number of fused-ring (bicyclic) bond motifs is 1. The fourth-order valence-corrected chi connectivity index (χ4v) is 3.93. The molecule has 2 aliphatic rings. The van der Waals surface area contributed by atoms with Crippen molar-refractivity contribution in [2.24, 2.45) is 0 Å². The first-order valence-electron chi connectivity index (χ1n) is 10.0. The van der Waals surface area contributed by atoms with Gasteiger partial charge in [-0.2, -0.15) is 0 Å². The summed E-state index contributed by atoms with van der Waals surface area (Å²) in [6, 6.07) is 2.14. The van der Waals surface area contributed by atoms with Gasteiger partial charge in [0.05, 0.1) is 25.9 Å². The van der Waals surface area contributed by atoms with Gasteiger partial charge in [-0.1, -0.05) is 5.21 Å². The summed E-state index contributed by atoms with van der Waals surface area (Å²) in [4.78, 5) is 16.1.